The summed E-state index contributed by atoms with van der Waals surface area (Å²) < 4.78 is 21.3. The van der Waals surface area contributed by atoms with Gasteiger partial charge in [0, 0.05) is 13.1 Å². The molecule has 7 heteroatoms. The maximum Gasteiger partial charge on any atom is 0.332 e. The summed E-state index contributed by atoms with van der Waals surface area (Å²) in [6.07, 6.45) is 4.07. The van der Waals surface area contributed by atoms with E-state index in [1.807, 2.05) is 4.83 Å². The number of carbonyl (C=O) groups is 1. The standard InChI is InChI=1S/C7H15N3O3S/c1-14(12,13)9-8-7(11)10-5-3-2-4-6-10/h9H,2-6H2,1H3,(H,8,11). The zero-order chi connectivity index (χ0) is 10.6. The van der Waals surface area contributed by atoms with E-state index in [0.717, 1.165) is 25.5 Å². The van der Waals surface area contributed by atoms with Crippen LogP contribution in [-0.4, -0.2) is 38.7 Å². The number of sulfonamides is 1. The molecule has 1 rings (SSSR count). The van der Waals surface area contributed by atoms with Crippen molar-refractivity contribution in [3.8, 4) is 0 Å². The molecule has 6 nitrogen and oxygen atoms in total. The van der Waals surface area contributed by atoms with Crippen molar-refractivity contribution in [1.29, 1.82) is 0 Å². The predicted octanol–water partition coefficient (Wildman–Crippen LogP) is -0.354. The van der Waals surface area contributed by atoms with Crippen LogP contribution in [0.5, 0.6) is 0 Å². The molecule has 1 aliphatic rings. The first-order chi connectivity index (χ1) is 6.49. The number of hydrazine groups is 1. The average Bonchev–Trinajstić information content (AvgIpc) is 2.14. The lowest BCUT2D eigenvalue weighted by Crippen LogP contribution is -2.49. The van der Waals surface area contributed by atoms with Crippen molar-refractivity contribution in [2.24, 2.45) is 0 Å². The zero-order valence-corrected chi connectivity index (χ0v) is 8.93. The first-order valence-electron chi connectivity index (χ1n) is 4.51. The number of likely N-dealkylation sites (tertiary alicyclic amines) is 1. The van der Waals surface area contributed by atoms with Crippen LogP contribution < -0.4 is 10.3 Å². The topological polar surface area (TPSA) is 78.5 Å². The molecule has 82 valence electrons. The molecule has 2 N–H and O–H groups in total. The third kappa shape index (κ3) is 3.93. The van der Waals surface area contributed by atoms with Crippen LogP contribution in [-0.2, 0) is 10.0 Å². The van der Waals surface area contributed by atoms with Crippen molar-refractivity contribution in [1.82, 2.24) is 15.2 Å². The molecule has 0 aromatic rings. The summed E-state index contributed by atoms with van der Waals surface area (Å²) in [6.45, 7) is 1.38. The van der Waals surface area contributed by atoms with Gasteiger partial charge in [0.2, 0.25) is 10.0 Å². The molecule has 2 amide bonds. The number of hydrogen-bond donors (Lipinski definition) is 2. The Hall–Kier alpha value is -0.820. The third-order valence-electron chi connectivity index (χ3n) is 1.99. The number of nitrogens with one attached hydrogen (secondary N) is 2. The fraction of sp³-hybridized carbons (Fsp3) is 0.857. The number of carbonyl (C=O) groups excluding carboxylic acids is 1. The number of nitrogens with zero attached hydrogens (tertiary/aromatic N) is 1. The molecule has 0 unspecified atom stereocenters. The van der Waals surface area contributed by atoms with Crippen LogP contribution in [0.3, 0.4) is 0 Å². The van der Waals surface area contributed by atoms with Crippen molar-refractivity contribution in [3.05, 3.63) is 0 Å². The minimum Gasteiger partial charge on any atom is -0.324 e. The van der Waals surface area contributed by atoms with Crippen LogP contribution in [0.2, 0.25) is 0 Å². The number of amides is 2. The highest BCUT2D eigenvalue weighted by Gasteiger charge is 2.16. The van der Waals surface area contributed by atoms with Crippen molar-refractivity contribution >= 4 is 16.1 Å². The normalized spacial score (nSPS) is 17.9. The van der Waals surface area contributed by atoms with Gasteiger partial charge < -0.3 is 4.90 Å². The maximum absolute atomic E-state index is 11.3. The molecule has 1 aliphatic heterocycles. The van der Waals surface area contributed by atoms with Gasteiger partial charge in [-0.3, -0.25) is 5.43 Å². The highest BCUT2D eigenvalue weighted by molar-refractivity contribution is 7.88. The highest BCUT2D eigenvalue weighted by Crippen LogP contribution is 2.07. The average molecular weight is 221 g/mol. The monoisotopic (exact) mass is 221 g/mol. The Labute approximate surface area is 83.7 Å². The second-order valence-electron chi connectivity index (χ2n) is 3.35. The lowest BCUT2D eigenvalue weighted by molar-refractivity contribution is 0.185. The minimum atomic E-state index is -3.37. The molecule has 1 heterocycles. The van der Waals surface area contributed by atoms with E-state index in [1.165, 1.54) is 0 Å². The summed E-state index contributed by atoms with van der Waals surface area (Å²) in [5.41, 5.74) is 2.14. The number of urea groups is 1. The maximum atomic E-state index is 11.3. The van der Waals surface area contributed by atoms with Crippen LogP contribution in [0.4, 0.5) is 4.79 Å². The summed E-state index contributed by atoms with van der Waals surface area (Å²) in [5.74, 6) is 0. The SMILES string of the molecule is CS(=O)(=O)NNC(=O)N1CCCCC1. The fourth-order valence-electron chi connectivity index (χ4n) is 1.31. The summed E-state index contributed by atoms with van der Waals surface area (Å²) in [7, 11) is -3.37. The Morgan fingerprint density at radius 3 is 2.29 bits per heavy atom. The van der Waals surface area contributed by atoms with E-state index >= 15 is 0 Å². The largest absolute Gasteiger partial charge is 0.332 e. The Balaban J connectivity index is 2.34. The number of rotatable bonds is 2. The summed E-state index contributed by atoms with van der Waals surface area (Å²) in [6, 6.07) is -0.380. The van der Waals surface area contributed by atoms with Crippen molar-refractivity contribution in [3.63, 3.8) is 0 Å². The first-order valence-corrected chi connectivity index (χ1v) is 6.40. The molecule has 0 saturated carbocycles. The molecule has 0 spiro atoms. The lowest BCUT2D eigenvalue weighted by atomic mass is 10.1. The van der Waals surface area contributed by atoms with Crippen molar-refractivity contribution < 1.29 is 13.2 Å². The smallest absolute Gasteiger partial charge is 0.324 e. The van der Waals surface area contributed by atoms with Gasteiger partial charge in [-0.1, -0.05) is 0 Å². The molecule has 0 aromatic carbocycles. The van der Waals surface area contributed by atoms with Gasteiger partial charge in [-0.05, 0) is 19.3 Å². The van der Waals surface area contributed by atoms with Crippen molar-refractivity contribution in [2.45, 2.75) is 19.3 Å². The van der Waals surface area contributed by atoms with Gasteiger partial charge in [0.05, 0.1) is 6.26 Å². The van der Waals surface area contributed by atoms with E-state index < -0.39 is 10.0 Å². The first kappa shape index (κ1) is 11.3. The van der Waals surface area contributed by atoms with Gasteiger partial charge in [-0.15, -0.1) is 4.83 Å². The van der Waals surface area contributed by atoms with E-state index in [-0.39, 0.29) is 6.03 Å². The summed E-state index contributed by atoms with van der Waals surface area (Å²) in [4.78, 5) is 14.9. The van der Waals surface area contributed by atoms with Crippen molar-refractivity contribution in [2.75, 3.05) is 19.3 Å². The van der Waals surface area contributed by atoms with Crippen LogP contribution in [0.25, 0.3) is 0 Å². The van der Waals surface area contributed by atoms with Gasteiger partial charge >= 0.3 is 6.03 Å². The van der Waals surface area contributed by atoms with Gasteiger partial charge in [0.25, 0.3) is 0 Å². The quantitative estimate of drug-likeness (QED) is 0.625. The molecule has 1 fully saturated rings. The molecular weight excluding hydrogens is 206 g/mol. The Bertz CT molecular complexity index is 295. The van der Waals surface area contributed by atoms with E-state index in [9.17, 15) is 13.2 Å². The van der Waals surface area contributed by atoms with Crippen LogP contribution in [0, 0.1) is 0 Å². The molecule has 0 aliphatic carbocycles. The summed E-state index contributed by atoms with van der Waals surface area (Å²) >= 11 is 0. The van der Waals surface area contributed by atoms with E-state index in [1.54, 1.807) is 4.90 Å². The third-order valence-corrected chi connectivity index (χ3v) is 2.46. The summed E-state index contributed by atoms with van der Waals surface area (Å²) in [5, 5.41) is 0. The Morgan fingerprint density at radius 2 is 1.79 bits per heavy atom. The second-order valence-corrected chi connectivity index (χ2v) is 5.10. The number of hydrogen-bond acceptors (Lipinski definition) is 3. The molecule has 0 radical (unpaired) electrons. The highest BCUT2D eigenvalue weighted by atomic mass is 32.2. The molecule has 0 aromatic heterocycles. The van der Waals surface area contributed by atoms with Crippen LogP contribution in [0.15, 0.2) is 0 Å². The minimum absolute atomic E-state index is 0.380. The predicted molar refractivity (Wildman–Crippen MR) is 51.9 cm³/mol. The Morgan fingerprint density at radius 1 is 1.21 bits per heavy atom. The van der Waals surface area contributed by atoms with E-state index in [2.05, 4.69) is 5.43 Å². The molecule has 1 saturated heterocycles. The molecule has 14 heavy (non-hydrogen) atoms. The van der Waals surface area contributed by atoms with E-state index in [4.69, 9.17) is 0 Å². The van der Waals surface area contributed by atoms with Crippen LogP contribution in [0.1, 0.15) is 19.3 Å². The molecular formula is C7H15N3O3S. The van der Waals surface area contributed by atoms with Gasteiger partial charge in [-0.25, -0.2) is 13.2 Å². The van der Waals surface area contributed by atoms with Gasteiger partial charge in [0.1, 0.15) is 0 Å². The lowest BCUT2D eigenvalue weighted by Gasteiger charge is -2.26. The fourth-order valence-corrected chi connectivity index (χ4v) is 1.59. The second kappa shape index (κ2) is 4.61. The van der Waals surface area contributed by atoms with Gasteiger partial charge in [-0.2, -0.15) is 0 Å². The zero-order valence-electron chi connectivity index (χ0n) is 8.12. The van der Waals surface area contributed by atoms with E-state index in [0.29, 0.717) is 13.1 Å². The van der Waals surface area contributed by atoms with Crippen LogP contribution >= 0.6 is 0 Å². The number of piperidine rings is 1. The molecule has 0 atom stereocenters. The van der Waals surface area contributed by atoms with Gasteiger partial charge in [0.15, 0.2) is 0 Å². The molecule has 0 bridgehead atoms. The Kier molecular flexibility index (Phi) is 3.70.